The van der Waals surface area contributed by atoms with E-state index < -0.39 is 0 Å². The Labute approximate surface area is 133 Å². The molecule has 4 heteroatoms. The van der Waals surface area contributed by atoms with Gasteiger partial charge in [-0.1, -0.05) is 6.07 Å². The second kappa shape index (κ2) is 6.65. The van der Waals surface area contributed by atoms with Gasteiger partial charge in [0.05, 0.1) is 5.69 Å². The second-order valence-electron chi connectivity index (χ2n) is 7.05. The van der Waals surface area contributed by atoms with Gasteiger partial charge in [0.25, 0.3) is 0 Å². The van der Waals surface area contributed by atoms with E-state index in [0.717, 1.165) is 37.8 Å². The maximum absolute atomic E-state index is 5.50. The molecule has 3 aliphatic rings. The fourth-order valence-corrected chi connectivity index (χ4v) is 4.55. The summed E-state index contributed by atoms with van der Waals surface area (Å²) in [5, 5.41) is 0. The van der Waals surface area contributed by atoms with Crippen LogP contribution in [0, 0.1) is 5.92 Å². The highest BCUT2D eigenvalue weighted by Gasteiger charge is 2.42. The van der Waals surface area contributed by atoms with Gasteiger partial charge in [-0.25, -0.2) is 0 Å². The predicted octanol–water partition coefficient (Wildman–Crippen LogP) is 2.16. The molecule has 0 aromatic carbocycles. The Balaban J connectivity index is 1.35. The molecule has 120 valence electrons. The first-order valence-electron chi connectivity index (χ1n) is 8.86. The standard InChI is InChI=1S/C18H27N3O/c1-2-8-19-16(3-1)14-21-10-5-17-18(21)4-9-20(17)13-15-6-11-22-12-7-15/h1-3,8,15,17-18H,4-7,9-14H2/t17-,18-/m1/s1. The molecule has 4 heterocycles. The van der Waals surface area contributed by atoms with E-state index in [1.165, 1.54) is 51.0 Å². The summed E-state index contributed by atoms with van der Waals surface area (Å²) >= 11 is 0. The lowest BCUT2D eigenvalue weighted by Crippen LogP contribution is -2.39. The Bertz CT molecular complexity index is 474. The molecule has 3 saturated heterocycles. The topological polar surface area (TPSA) is 28.6 Å². The third-order valence-corrected chi connectivity index (χ3v) is 5.73. The smallest absolute Gasteiger partial charge is 0.0544 e. The first kappa shape index (κ1) is 14.6. The number of pyridine rings is 1. The molecule has 0 amide bonds. The van der Waals surface area contributed by atoms with Gasteiger partial charge >= 0.3 is 0 Å². The summed E-state index contributed by atoms with van der Waals surface area (Å²) in [5.74, 6) is 0.859. The van der Waals surface area contributed by atoms with Crippen molar-refractivity contribution >= 4 is 0 Å². The van der Waals surface area contributed by atoms with E-state index in [1.54, 1.807) is 0 Å². The van der Waals surface area contributed by atoms with Crippen LogP contribution in [0.4, 0.5) is 0 Å². The van der Waals surface area contributed by atoms with Crippen LogP contribution in [0.25, 0.3) is 0 Å². The summed E-state index contributed by atoms with van der Waals surface area (Å²) < 4.78 is 5.50. The highest BCUT2D eigenvalue weighted by molar-refractivity contribution is 5.06. The van der Waals surface area contributed by atoms with Crippen LogP contribution in [0.5, 0.6) is 0 Å². The highest BCUT2D eigenvalue weighted by atomic mass is 16.5. The Morgan fingerprint density at radius 3 is 2.55 bits per heavy atom. The SMILES string of the molecule is c1ccc(CN2CC[C@@H]3[C@H]2CCN3CC2CCOCC2)nc1. The molecule has 3 aliphatic heterocycles. The van der Waals surface area contributed by atoms with Gasteiger partial charge in [-0.05, 0) is 43.7 Å². The van der Waals surface area contributed by atoms with Crippen molar-refractivity contribution in [1.29, 1.82) is 0 Å². The van der Waals surface area contributed by atoms with Crippen molar-refractivity contribution in [2.75, 3.05) is 32.8 Å². The van der Waals surface area contributed by atoms with Gasteiger partial charge < -0.3 is 4.74 Å². The van der Waals surface area contributed by atoms with Crippen LogP contribution in [-0.2, 0) is 11.3 Å². The zero-order valence-corrected chi connectivity index (χ0v) is 13.4. The number of nitrogens with zero attached hydrogens (tertiary/aromatic N) is 3. The van der Waals surface area contributed by atoms with Gasteiger partial charge in [-0.2, -0.15) is 0 Å². The normalized spacial score (nSPS) is 30.7. The Hall–Kier alpha value is -0.970. The fourth-order valence-electron chi connectivity index (χ4n) is 4.55. The molecule has 2 atom stereocenters. The minimum absolute atomic E-state index is 0.752. The molecule has 3 fully saturated rings. The minimum atomic E-state index is 0.752. The third-order valence-electron chi connectivity index (χ3n) is 5.73. The summed E-state index contributed by atoms with van der Waals surface area (Å²) in [6.07, 6.45) is 7.09. The monoisotopic (exact) mass is 301 g/mol. The Kier molecular flexibility index (Phi) is 4.42. The Morgan fingerprint density at radius 1 is 1.00 bits per heavy atom. The summed E-state index contributed by atoms with van der Waals surface area (Å²) in [7, 11) is 0. The van der Waals surface area contributed by atoms with Crippen LogP contribution >= 0.6 is 0 Å². The van der Waals surface area contributed by atoms with Gasteiger partial charge in [0.15, 0.2) is 0 Å². The molecule has 0 spiro atoms. The average Bonchev–Trinajstić information content (AvgIpc) is 3.14. The van der Waals surface area contributed by atoms with Crippen molar-refractivity contribution in [3.63, 3.8) is 0 Å². The lowest BCUT2D eigenvalue weighted by atomic mass is 9.99. The second-order valence-corrected chi connectivity index (χ2v) is 7.05. The van der Waals surface area contributed by atoms with Crippen molar-refractivity contribution in [1.82, 2.24) is 14.8 Å². The van der Waals surface area contributed by atoms with Crippen LogP contribution in [0.1, 0.15) is 31.4 Å². The molecule has 4 rings (SSSR count). The number of rotatable bonds is 4. The zero-order valence-electron chi connectivity index (χ0n) is 13.4. The van der Waals surface area contributed by atoms with Crippen LogP contribution < -0.4 is 0 Å². The number of aromatic nitrogens is 1. The Morgan fingerprint density at radius 2 is 1.77 bits per heavy atom. The first-order chi connectivity index (χ1) is 10.9. The van der Waals surface area contributed by atoms with E-state index in [-0.39, 0.29) is 0 Å². The van der Waals surface area contributed by atoms with Gasteiger partial charge in [0.2, 0.25) is 0 Å². The molecule has 0 aliphatic carbocycles. The molecule has 1 aromatic rings. The van der Waals surface area contributed by atoms with Crippen molar-refractivity contribution in [2.24, 2.45) is 5.92 Å². The molecule has 1 aromatic heterocycles. The first-order valence-corrected chi connectivity index (χ1v) is 8.86. The zero-order chi connectivity index (χ0) is 14.8. The van der Waals surface area contributed by atoms with Crippen molar-refractivity contribution in [2.45, 2.75) is 44.3 Å². The third kappa shape index (κ3) is 3.05. The van der Waals surface area contributed by atoms with Gasteiger partial charge in [0, 0.05) is 57.7 Å². The minimum Gasteiger partial charge on any atom is -0.381 e. The van der Waals surface area contributed by atoms with Gasteiger partial charge in [0.1, 0.15) is 0 Å². The van der Waals surface area contributed by atoms with E-state index >= 15 is 0 Å². The maximum Gasteiger partial charge on any atom is 0.0544 e. The van der Waals surface area contributed by atoms with Crippen LogP contribution in [0.15, 0.2) is 24.4 Å². The molecule has 0 unspecified atom stereocenters. The number of fused-ring (bicyclic) bond motifs is 1. The number of hydrogen-bond acceptors (Lipinski definition) is 4. The highest BCUT2D eigenvalue weighted by Crippen LogP contribution is 2.33. The number of ether oxygens (including phenoxy) is 1. The maximum atomic E-state index is 5.50. The predicted molar refractivity (Wildman–Crippen MR) is 86.6 cm³/mol. The molecular weight excluding hydrogens is 274 g/mol. The van der Waals surface area contributed by atoms with Crippen LogP contribution in [-0.4, -0.2) is 59.7 Å². The molecule has 4 nitrogen and oxygen atoms in total. The van der Waals surface area contributed by atoms with Crippen molar-refractivity contribution in [3.8, 4) is 0 Å². The van der Waals surface area contributed by atoms with Crippen LogP contribution in [0.2, 0.25) is 0 Å². The van der Waals surface area contributed by atoms with E-state index in [1.807, 2.05) is 12.3 Å². The lowest BCUT2D eigenvalue weighted by Gasteiger charge is -2.30. The van der Waals surface area contributed by atoms with E-state index in [9.17, 15) is 0 Å². The summed E-state index contributed by atoms with van der Waals surface area (Å²) in [4.78, 5) is 9.94. The number of likely N-dealkylation sites (tertiary alicyclic amines) is 2. The molecule has 0 saturated carbocycles. The average molecular weight is 301 g/mol. The number of hydrogen-bond donors (Lipinski definition) is 0. The van der Waals surface area contributed by atoms with Gasteiger partial charge in [-0.3, -0.25) is 14.8 Å². The van der Waals surface area contributed by atoms with Crippen LogP contribution in [0.3, 0.4) is 0 Å². The summed E-state index contributed by atoms with van der Waals surface area (Å²) in [6, 6.07) is 7.79. The molecular formula is C18H27N3O. The fraction of sp³-hybridized carbons (Fsp3) is 0.722. The molecule has 0 radical (unpaired) electrons. The van der Waals surface area contributed by atoms with E-state index in [2.05, 4.69) is 26.9 Å². The molecule has 0 bridgehead atoms. The van der Waals surface area contributed by atoms with Crippen molar-refractivity contribution in [3.05, 3.63) is 30.1 Å². The quantitative estimate of drug-likeness (QED) is 0.852. The summed E-state index contributed by atoms with van der Waals surface area (Å²) in [6.45, 7) is 6.77. The van der Waals surface area contributed by atoms with Crippen molar-refractivity contribution < 1.29 is 4.74 Å². The lowest BCUT2D eigenvalue weighted by molar-refractivity contribution is 0.0504. The summed E-state index contributed by atoms with van der Waals surface area (Å²) in [5.41, 5.74) is 1.21. The van der Waals surface area contributed by atoms with Gasteiger partial charge in [-0.15, -0.1) is 0 Å². The molecule has 0 N–H and O–H groups in total. The molecule has 22 heavy (non-hydrogen) atoms. The largest absolute Gasteiger partial charge is 0.381 e. The van der Waals surface area contributed by atoms with E-state index in [0.29, 0.717) is 0 Å². The van der Waals surface area contributed by atoms with E-state index in [4.69, 9.17) is 4.74 Å².